The summed E-state index contributed by atoms with van der Waals surface area (Å²) in [5.41, 5.74) is 1.85. The maximum atomic E-state index is 12.5. The average Bonchev–Trinajstić information content (AvgIpc) is 3.09. The minimum Gasteiger partial charge on any atom is -0.449 e. The first-order valence-electron chi connectivity index (χ1n) is 9.78. The van der Waals surface area contributed by atoms with Gasteiger partial charge in [-0.15, -0.1) is 0 Å². The number of amides is 2. The normalized spacial score (nSPS) is 15.6. The fourth-order valence-electron chi connectivity index (χ4n) is 3.53. The summed E-state index contributed by atoms with van der Waals surface area (Å²) in [7, 11) is 1.47. The molecule has 1 aliphatic rings. The SMILES string of the molecule is CNC(=O)c1nc(Cl)cc(Oc2ccc3c(ccc4oc5c(c43)NC[C@@H](C)NC5=O)n2)n1. The van der Waals surface area contributed by atoms with Crippen LogP contribution in [-0.2, 0) is 0 Å². The van der Waals surface area contributed by atoms with Crippen molar-refractivity contribution in [1.29, 1.82) is 0 Å². The van der Waals surface area contributed by atoms with Gasteiger partial charge in [0.15, 0.2) is 0 Å². The van der Waals surface area contributed by atoms with E-state index >= 15 is 0 Å². The first-order chi connectivity index (χ1) is 15.4. The fourth-order valence-corrected chi connectivity index (χ4v) is 3.71. The van der Waals surface area contributed by atoms with Crippen LogP contribution in [0.15, 0.2) is 34.7 Å². The second-order valence-corrected chi connectivity index (χ2v) is 7.64. The monoisotopic (exact) mass is 452 g/mol. The van der Waals surface area contributed by atoms with Gasteiger partial charge in [-0.25, -0.2) is 9.97 Å². The molecule has 0 aliphatic carbocycles. The lowest BCUT2D eigenvalue weighted by Gasteiger charge is -2.10. The summed E-state index contributed by atoms with van der Waals surface area (Å²) >= 11 is 5.99. The number of pyridine rings is 1. The number of hydrogen-bond donors (Lipinski definition) is 3. The number of carbonyl (C=O) groups is 2. The summed E-state index contributed by atoms with van der Waals surface area (Å²) in [4.78, 5) is 36.8. The van der Waals surface area contributed by atoms with Gasteiger partial charge < -0.3 is 25.1 Å². The molecule has 0 spiro atoms. The number of ether oxygens (including phenoxy) is 1. The minimum absolute atomic E-state index is 0.0346. The number of halogens is 1. The van der Waals surface area contributed by atoms with Crippen LogP contribution in [0.4, 0.5) is 5.69 Å². The van der Waals surface area contributed by atoms with Crippen molar-refractivity contribution in [3.63, 3.8) is 0 Å². The highest BCUT2D eigenvalue weighted by Crippen LogP contribution is 2.37. The van der Waals surface area contributed by atoms with E-state index in [0.717, 1.165) is 10.8 Å². The first-order valence-corrected chi connectivity index (χ1v) is 10.2. The van der Waals surface area contributed by atoms with E-state index in [1.165, 1.54) is 13.1 Å². The predicted molar refractivity (Wildman–Crippen MR) is 117 cm³/mol. The number of hydrogen-bond acceptors (Lipinski definition) is 8. The number of furan rings is 1. The molecule has 4 heterocycles. The molecule has 0 saturated carbocycles. The Balaban J connectivity index is 1.56. The van der Waals surface area contributed by atoms with E-state index in [1.807, 2.05) is 13.0 Å². The van der Waals surface area contributed by atoms with Crippen molar-refractivity contribution in [3.8, 4) is 11.8 Å². The van der Waals surface area contributed by atoms with Crippen LogP contribution in [0.3, 0.4) is 0 Å². The highest BCUT2D eigenvalue weighted by molar-refractivity contribution is 6.29. The van der Waals surface area contributed by atoms with Crippen molar-refractivity contribution in [2.75, 3.05) is 18.9 Å². The molecule has 3 N–H and O–H groups in total. The largest absolute Gasteiger partial charge is 0.449 e. The third-order valence-electron chi connectivity index (χ3n) is 4.98. The number of fused-ring (bicyclic) bond motifs is 5. The second-order valence-electron chi connectivity index (χ2n) is 7.25. The maximum Gasteiger partial charge on any atom is 0.289 e. The molecule has 0 bridgehead atoms. The molecule has 11 heteroatoms. The van der Waals surface area contributed by atoms with Crippen molar-refractivity contribution in [2.45, 2.75) is 13.0 Å². The first kappa shape index (κ1) is 20.0. The smallest absolute Gasteiger partial charge is 0.289 e. The topological polar surface area (TPSA) is 131 Å². The Bertz CT molecular complexity index is 1400. The Morgan fingerprint density at radius 1 is 1.22 bits per heavy atom. The van der Waals surface area contributed by atoms with E-state index < -0.39 is 5.91 Å². The quantitative estimate of drug-likeness (QED) is 0.404. The van der Waals surface area contributed by atoms with Crippen molar-refractivity contribution in [2.24, 2.45) is 0 Å². The van der Waals surface area contributed by atoms with E-state index in [2.05, 4.69) is 30.9 Å². The Labute approximate surface area is 186 Å². The van der Waals surface area contributed by atoms with Crippen LogP contribution < -0.4 is 20.7 Å². The molecular formula is C21H17ClN6O4. The van der Waals surface area contributed by atoms with Gasteiger partial charge in [0.1, 0.15) is 10.7 Å². The lowest BCUT2D eigenvalue weighted by Crippen LogP contribution is -2.34. The second kappa shape index (κ2) is 7.65. The van der Waals surface area contributed by atoms with Gasteiger partial charge in [0.05, 0.1) is 16.6 Å². The number of rotatable bonds is 3. The molecule has 162 valence electrons. The number of nitrogens with zero attached hydrogens (tertiary/aromatic N) is 3. The van der Waals surface area contributed by atoms with Crippen LogP contribution in [0.2, 0.25) is 5.15 Å². The number of benzene rings is 1. The highest BCUT2D eigenvalue weighted by atomic mass is 35.5. The van der Waals surface area contributed by atoms with Gasteiger partial charge in [0.25, 0.3) is 11.8 Å². The van der Waals surface area contributed by atoms with Gasteiger partial charge in [0.2, 0.25) is 23.3 Å². The minimum atomic E-state index is -0.488. The standard InChI is InChI=1S/C21H17ClN6O4/c1-9-8-24-17-16-10-3-6-14(32-15-7-13(22)27-19(28-15)21(30)23-2)26-11(10)4-5-12(16)31-18(17)20(29)25-9/h3-7,9,24H,8H2,1-2H3,(H,23,30)(H,25,29)/t9-/m1/s1. The molecule has 0 radical (unpaired) electrons. The number of nitrogens with one attached hydrogen (secondary N) is 3. The zero-order valence-corrected chi connectivity index (χ0v) is 17.8. The summed E-state index contributed by atoms with van der Waals surface area (Å²) in [6.07, 6.45) is 0. The lowest BCUT2D eigenvalue weighted by atomic mass is 10.1. The van der Waals surface area contributed by atoms with Crippen molar-refractivity contribution < 1.29 is 18.7 Å². The molecule has 0 fully saturated rings. The molecule has 2 amide bonds. The zero-order valence-electron chi connectivity index (χ0n) is 17.0. The van der Waals surface area contributed by atoms with Gasteiger partial charge in [-0.2, -0.15) is 4.98 Å². The summed E-state index contributed by atoms with van der Waals surface area (Å²) in [5, 5.41) is 10.2. The van der Waals surface area contributed by atoms with Crippen molar-refractivity contribution in [3.05, 3.63) is 47.1 Å². The van der Waals surface area contributed by atoms with E-state index in [-0.39, 0.29) is 40.4 Å². The van der Waals surface area contributed by atoms with Gasteiger partial charge in [-0.05, 0) is 25.1 Å². The molecule has 0 unspecified atom stereocenters. The Morgan fingerprint density at radius 2 is 2.06 bits per heavy atom. The molecule has 0 saturated heterocycles. The number of carbonyl (C=O) groups excluding carboxylic acids is 2. The van der Waals surface area contributed by atoms with Crippen LogP contribution >= 0.6 is 11.6 Å². The van der Waals surface area contributed by atoms with Gasteiger partial charge >= 0.3 is 0 Å². The van der Waals surface area contributed by atoms with Crippen LogP contribution in [-0.4, -0.2) is 46.4 Å². The van der Waals surface area contributed by atoms with Crippen LogP contribution in [0, 0.1) is 0 Å². The Hall–Kier alpha value is -3.92. The van der Waals surface area contributed by atoms with E-state index in [4.69, 9.17) is 20.8 Å². The molecule has 3 aromatic heterocycles. The van der Waals surface area contributed by atoms with E-state index in [9.17, 15) is 9.59 Å². The summed E-state index contributed by atoms with van der Waals surface area (Å²) in [6.45, 7) is 2.48. The van der Waals surface area contributed by atoms with Crippen LogP contribution in [0.25, 0.3) is 21.9 Å². The molecule has 1 aromatic carbocycles. The molecule has 10 nitrogen and oxygen atoms in total. The van der Waals surface area contributed by atoms with E-state index in [1.54, 1.807) is 18.2 Å². The highest BCUT2D eigenvalue weighted by Gasteiger charge is 2.26. The third-order valence-corrected chi connectivity index (χ3v) is 5.17. The molecule has 32 heavy (non-hydrogen) atoms. The van der Waals surface area contributed by atoms with Crippen molar-refractivity contribution in [1.82, 2.24) is 25.6 Å². The summed E-state index contributed by atoms with van der Waals surface area (Å²) in [6, 6.07) is 8.38. The Kier molecular flexibility index (Phi) is 4.78. The maximum absolute atomic E-state index is 12.5. The molecule has 1 atom stereocenters. The fraction of sp³-hybridized carbons (Fsp3) is 0.190. The predicted octanol–water partition coefficient (Wildman–Crippen LogP) is 3.12. The number of anilines is 1. The number of aromatic nitrogens is 3. The molecular weight excluding hydrogens is 436 g/mol. The third kappa shape index (κ3) is 3.44. The van der Waals surface area contributed by atoms with E-state index in [0.29, 0.717) is 23.3 Å². The summed E-state index contributed by atoms with van der Waals surface area (Å²) in [5.74, 6) is -0.281. The molecule has 5 rings (SSSR count). The summed E-state index contributed by atoms with van der Waals surface area (Å²) < 4.78 is 11.6. The van der Waals surface area contributed by atoms with Crippen LogP contribution in [0.5, 0.6) is 11.8 Å². The van der Waals surface area contributed by atoms with Gasteiger partial charge in [-0.1, -0.05) is 11.6 Å². The van der Waals surface area contributed by atoms with Crippen molar-refractivity contribution >= 4 is 51.0 Å². The average molecular weight is 453 g/mol. The van der Waals surface area contributed by atoms with Crippen LogP contribution in [0.1, 0.15) is 28.1 Å². The van der Waals surface area contributed by atoms with Gasteiger partial charge in [0, 0.05) is 37.2 Å². The lowest BCUT2D eigenvalue weighted by molar-refractivity contribution is 0.0918. The molecule has 1 aliphatic heterocycles. The molecule has 4 aromatic rings. The zero-order chi connectivity index (χ0) is 22.4. The Morgan fingerprint density at radius 3 is 2.88 bits per heavy atom. The van der Waals surface area contributed by atoms with Gasteiger partial charge in [-0.3, -0.25) is 9.59 Å².